The van der Waals surface area contributed by atoms with Crippen LogP contribution in [0.25, 0.3) is 5.52 Å². The second-order valence-corrected chi connectivity index (χ2v) is 8.73. The number of carbonyl (C=O) groups excluding carboxylic acids is 1. The van der Waals surface area contributed by atoms with E-state index in [0.717, 1.165) is 29.8 Å². The standard InChI is InChI=1S/C27H35ClN2O2/c1-4-6-16-29(17-7-5-2)18-10-20-32-23-14-12-22(13-15-23)27(31)26-21(3)25(28)24-11-8-9-19-30(24)26/h8-9,11-15,19H,4-7,10,16-18,20H2,1-3H3. The lowest BCUT2D eigenvalue weighted by Crippen LogP contribution is -2.28. The van der Waals surface area contributed by atoms with Gasteiger partial charge in [0.25, 0.3) is 0 Å². The molecule has 0 radical (unpaired) electrons. The first-order chi connectivity index (χ1) is 15.6. The van der Waals surface area contributed by atoms with Crippen LogP contribution in [0, 0.1) is 6.92 Å². The summed E-state index contributed by atoms with van der Waals surface area (Å²) in [5.74, 6) is 0.759. The van der Waals surface area contributed by atoms with E-state index < -0.39 is 0 Å². The van der Waals surface area contributed by atoms with Gasteiger partial charge < -0.3 is 14.0 Å². The highest BCUT2D eigenvalue weighted by molar-refractivity contribution is 6.35. The van der Waals surface area contributed by atoms with Gasteiger partial charge in [-0.3, -0.25) is 4.79 Å². The van der Waals surface area contributed by atoms with Crippen molar-refractivity contribution < 1.29 is 9.53 Å². The number of pyridine rings is 1. The third-order valence-electron chi connectivity index (χ3n) is 5.88. The average Bonchev–Trinajstić information content (AvgIpc) is 3.08. The van der Waals surface area contributed by atoms with E-state index in [1.54, 1.807) is 0 Å². The molecule has 3 rings (SSSR count). The minimum Gasteiger partial charge on any atom is -0.494 e. The number of halogens is 1. The Bertz CT molecular complexity index is 1000. The number of carbonyl (C=O) groups is 1. The van der Waals surface area contributed by atoms with Crippen molar-refractivity contribution in [1.29, 1.82) is 0 Å². The zero-order valence-corrected chi connectivity index (χ0v) is 20.3. The largest absolute Gasteiger partial charge is 0.494 e. The Morgan fingerprint density at radius 2 is 1.62 bits per heavy atom. The maximum atomic E-state index is 13.2. The van der Waals surface area contributed by atoms with Crippen LogP contribution >= 0.6 is 11.6 Å². The van der Waals surface area contributed by atoms with Gasteiger partial charge in [-0.2, -0.15) is 0 Å². The maximum absolute atomic E-state index is 13.2. The van der Waals surface area contributed by atoms with Gasteiger partial charge in [0.2, 0.25) is 5.78 Å². The topological polar surface area (TPSA) is 34.0 Å². The number of ether oxygens (including phenoxy) is 1. The Morgan fingerprint density at radius 1 is 0.969 bits per heavy atom. The summed E-state index contributed by atoms with van der Waals surface area (Å²) in [7, 11) is 0. The Kier molecular flexibility index (Phi) is 9.19. The summed E-state index contributed by atoms with van der Waals surface area (Å²) >= 11 is 6.46. The molecule has 0 unspecified atom stereocenters. The Morgan fingerprint density at radius 3 is 2.28 bits per heavy atom. The van der Waals surface area contributed by atoms with Crippen LogP contribution in [-0.2, 0) is 0 Å². The molecule has 0 bridgehead atoms. The van der Waals surface area contributed by atoms with E-state index in [-0.39, 0.29) is 5.78 Å². The minimum absolute atomic E-state index is 0.0374. The average molecular weight is 455 g/mol. The molecule has 0 spiro atoms. The number of ketones is 1. The smallest absolute Gasteiger partial charge is 0.210 e. The molecule has 0 aliphatic rings. The van der Waals surface area contributed by atoms with Crippen LogP contribution in [0.5, 0.6) is 5.75 Å². The number of unbranched alkanes of at least 4 members (excludes halogenated alkanes) is 2. The Labute approximate surface area is 197 Å². The first kappa shape index (κ1) is 24.3. The van der Waals surface area contributed by atoms with Gasteiger partial charge >= 0.3 is 0 Å². The molecule has 172 valence electrons. The van der Waals surface area contributed by atoms with Crippen molar-refractivity contribution in [2.75, 3.05) is 26.2 Å². The number of rotatable bonds is 13. The van der Waals surface area contributed by atoms with Crippen LogP contribution in [0.1, 0.15) is 67.6 Å². The summed E-state index contributed by atoms with van der Waals surface area (Å²) in [6.45, 7) is 10.5. The first-order valence-electron chi connectivity index (χ1n) is 11.8. The van der Waals surface area contributed by atoms with Gasteiger partial charge in [-0.25, -0.2) is 0 Å². The van der Waals surface area contributed by atoms with Crippen molar-refractivity contribution in [2.24, 2.45) is 0 Å². The molecule has 0 N–H and O–H groups in total. The quantitative estimate of drug-likeness (QED) is 0.210. The molecule has 5 heteroatoms. The van der Waals surface area contributed by atoms with Gasteiger partial charge in [-0.15, -0.1) is 0 Å². The maximum Gasteiger partial charge on any atom is 0.210 e. The third-order valence-corrected chi connectivity index (χ3v) is 6.36. The fourth-order valence-corrected chi connectivity index (χ4v) is 4.23. The minimum atomic E-state index is -0.0374. The van der Waals surface area contributed by atoms with Crippen molar-refractivity contribution in [3.8, 4) is 5.75 Å². The third kappa shape index (κ3) is 5.93. The zero-order valence-electron chi connectivity index (χ0n) is 19.6. The number of aromatic nitrogens is 1. The van der Waals surface area contributed by atoms with E-state index in [9.17, 15) is 4.79 Å². The van der Waals surface area contributed by atoms with Crippen LogP contribution in [0.2, 0.25) is 5.02 Å². The van der Waals surface area contributed by atoms with Gasteiger partial charge in [0.05, 0.1) is 22.8 Å². The summed E-state index contributed by atoms with van der Waals surface area (Å²) in [5.41, 5.74) is 2.89. The van der Waals surface area contributed by atoms with Gasteiger partial charge in [-0.1, -0.05) is 44.4 Å². The van der Waals surface area contributed by atoms with Crippen molar-refractivity contribution in [1.82, 2.24) is 9.30 Å². The molecule has 0 atom stereocenters. The number of hydrogen-bond acceptors (Lipinski definition) is 3. The van der Waals surface area contributed by atoms with Gasteiger partial charge in [0.1, 0.15) is 5.75 Å². The fourth-order valence-electron chi connectivity index (χ4n) is 3.99. The van der Waals surface area contributed by atoms with Crippen molar-refractivity contribution in [3.05, 3.63) is 70.5 Å². The SMILES string of the molecule is CCCCN(CCCC)CCCOc1ccc(C(=O)c2c(C)c(Cl)c3ccccn23)cc1. The molecule has 0 saturated heterocycles. The van der Waals surface area contributed by atoms with E-state index in [1.807, 2.05) is 60.0 Å². The zero-order chi connectivity index (χ0) is 22.9. The molecule has 0 aliphatic carbocycles. The molecule has 0 fully saturated rings. The molecule has 1 aromatic carbocycles. The monoisotopic (exact) mass is 454 g/mol. The molecule has 32 heavy (non-hydrogen) atoms. The van der Waals surface area contributed by atoms with Crippen LogP contribution in [0.4, 0.5) is 0 Å². The van der Waals surface area contributed by atoms with Gasteiger partial charge in [0, 0.05) is 18.3 Å². The van der Waals surface area contributed by atoms with E-state index >= 15 is 0 Å². The first-order valence-corrected chi connectivity index (χ1v) is 12.2. The second-order valence-electron chi connectivity index (χ2n) is 8.35. The summed E-state index contributed by atoms with van der Waals surface area (Å²) in [5, 5.41) is 0.626. The molecule has 2 aromatic heterocycles. The molecule has 0 amide bonds. The summed E-state index contributed by atoms with van der Waals surface area (Å²) < 4.78 is 7.81. The highest BCUT2D eigenvalue weighted by Crippen LogP contribution is 2.29. The molecule has 3 aromatic rings. The van der Waals surface area contributed by atoms with Crippen LogP contribution < -0.4 is 4.74 Å². The molecule has 2 heterocycles. The molecular formula is C27H35ClN2O2. The fraction of sp³-hybridized carbons (Fsp3) is 0.444. The summed E-state index contributed by atoms with van der Waals surface area (Å²) in [4.78, 5) is 15.7. The van der Waals surface area contributed by atoms with E-state index in [2.05, 4.69) is 18.7 Å². The van der Waals surface area contributed by atoms with Crippen molar-refractivity contribution in [2.45, 2.75) is 52.9 Å². The van der Waals surface area contributed by atoms with Crippen molar-refractivity contribution in [3.63, 3.8) is 0 Å². The molecule has 4 nitrogen and oxygen atoms in total. The predicted octanol–water partition coefficient (Wildman–Crippen LogP) is 6.80. The summed E-state index contributed by atoms with van der Waals surface area (Å²) in [6, 6.07) is 13.2. The highest BCUT2D eigenvalue weighted by atomic mass is 35.5. The Hall–Kier alpha value is -2.30. The lowest BCUT2D eigenvalue weighted by atomic mass is 10.1. The highest BCUT2D eigenvalue weighted by Gasteiger charge is 2.20. The number of hydrogen-bond donors (Lipinski definition) is 0. The Balaban J connectivity index is 1.57. The van der Waals surface area contributed by atoms with E-state index in [1.165, 1.54) is 38.8 Å². The van der Waals surface area contributed by atoms with Crippen LogP contribution in [0.15, 0.2) is 48.7 Å². The van der Waals surface area contributed by atoms with Crippen molar-refractivity contribution >= 4 is 22.9 Å². The summed E-state index contributed by atoms with van der Waals surface area (Å²) in [6.07, 6.45) is 7.85. The molecule has 0 aliphatic heterocycles. The van der Waals surface area contributed by atoms with Gasteiger partial charge in [0.15, 0.2) is 0 Å². The lowest BCUT2D eigenvalue weighted by molar-refractivity contribution is 0.103. The van der Waals surface area contributed by atoms with E-state index in [0.29, 0.717) is 22.9 Å². The van der Waals surface area contributed by atoms with Crippen LogP contribution in [-0.4, -0.2) is 41.3 Å². The van der Waals surface area contributed by atoms with Gasteiger partial charge in [-0.05, 0) is 81.2 Å². The molecular weight excluding hydrogens is 420 g/mol. The predicted molar refractivity (Wildman–Crippen MR) is 133 cm³/mol. The number of nitrogens with zero attached hydrogens (tertiary/aromatic N) is 2. The molecule has 0 saturated carbocycles. The number of fused-ring (bicyclic) bond motifs is 1. The lowest BCUT2D eigenvalue weighted by Gasteiger charge is -2.21. The van der Waals surface area contributed by atoms with Crippen LogP contribution in [0.3, 0.4) is 0 Å². The van der Waals surface area contributed by atoms with E-state index in [4.69, 9.17) is 16.3 Å². The number of benzene rings is 1. The second kappa shape index (κ2) is 12.1. The normalized spacial score (nSPS) is 11.4.